The molecule has 5 rings (SSSR count). The Bertz CT molecular complexity index is 1750. The molecule has 0 spiro atoms. The average Bonchev–Trinajstić information content (AvgIpc) is 3.36. The number of rotatable bonds is 9. The Morgan fingerprint density at radius 1 is 1.00 bits per heavy atom. The van der Waals surface area contributed by atoms with Gasteiger partial charge < -0.3 is 24.3 Å². The first-order valence-corrected chi connectivity index (χ1v) is 14.5. The number of carbonyl (C=O) groups excluding carboxylic acids is 2. The number of benzene rings is 2. The summed E-state index contributed by atoms with van der Waals surface area (Å²) in [6.45, 7) is 6.34. The molecule has 3 heterocycles. The molecule has 1 aliphatic heterocycles. The van der Waals surface area contributed by atoms with E-state index in [0.29, 0.717) is 31.9 Å². The summed E-state index contributed by atoms with van der Waals surface area (Å²) in [7, 11) is 1.27. The van der Waals surface area contributed by atoms with Gasteiger partial charge in [0.2, 0.25) is 0 Å². The van der Waals surface area contributed by atoms with Crippen molar-refractivity contribution in [2.45, 2.75) is 51.9 Å². The van der Waals surface area contributed by atoms with Gasteiger partial charge in [0.25, 0.3) is 11.5 Å². The highest BCUT2D eigenvalue weighted by Crippen LogP contribution is 2.30. The number of carbonyl (C=O) groups is 2. The molecule has 1 saturated heterocycles. The molecule has 12 heteroatoms. The van der Waals surface area contributed by atoms with E-state index in [1.54, 1.807) is 54.5 Å². The number of halogens is 2. The van der Waals surface area contributed by atoms with Gasteiger partial charge in [0.1, 0.15) is 11.4 Å². The van der Waals surface area contributed by atoms with Crippen LogP contribution >= 0.6 is 0 Å². The van der Waals surface area contributed by atoms with Crippen LogP contribution in [0.15, 0.2) is 71.8 Å². The Morgan fingerprint density at radius 3 is 2.33 bits per heavy atom. The fourth-order valence-corrected chi connectivity index (χ4v) is 5.01. The predicted octanol–water partition coefficient (Wildman–Crippen LogP) is 4.69. The lowest BCUT2D eigenvalue weighted by molar-refractivity contribution is 0.00780. The van der Waals surface area contributed by atoms with Gasteiger partial charge in [-0.15, -0.1) is 0 Å². The van der Waals surface area contributed by atoms with Crippen molar-refractivity contribution < 1.29 is 27.8 Å². The van der Waals surface area contributed by atoms with Crippen molar-refractivity contribution in [2.75, 3.05) is 20.2 Å². The minimum atomic E-state index is -0.888. The van der Waals surface area contributed by atoms with Crippen LogP contribution in [0.2, 0.25) is 0 Å². The van der Waals surface area contributed by atoms with Gasteiger partial charge in [-0.05, 0) is 50.1 Å². The van der Waals surface area contributed by atoms with Crippen molar-refractivity contribution in [2.24, 2.45) is 0 Å². The van der Waals surface area contributed by atoms with Gasteiger partial charge in [-0.1, -0.05) is 30.3 Å². The van der Waals surface area contributed by atoms with E-state index in [1.165, 1.54) is 24.1 Å². The smallest absolute Gasteiger partial charge is 0.410 e. The lowest BCUT2D eigenvalue weighted by atomic mass is 9.94. The first-order chi connectivity index (χ1) is 21.4. The van der Waals surface area contributed by atoms with E-state index in [9.17, 15) is 23.2 Å². The maximum atomic E-state index is 14.7. The van der Waals surface area contributed by atoms with Crippen LogP contribution < -0.4 is 15.6 Å². The number of hydrogen-bond acceptors (Lipinski definition) is 6. The summed E-state index contributed by atoms with van der Waals surface area (Å²) >= 11 is 0. The SMILES string of the molecule is COc1ccc(F)c(CNC(=O)c2cn(Cc3ccc(Cn4ccccc4=O)cc3)nc2C2CN(C(=O)OC(C)(C)C)C2)c1F. The van der Waals surface area contributed by atoms with Crippen LogP contribution in [0.1, 0.15) is 59.4 Å². The Kier molecular flexibility index (Phi) is 9.03. The molecule has 1 aliphatic rings. The monoisotopic (exact) mass is 619 g/mol. The predicted molar refractivity (Wildman–Crippen MR) is 162 cm³/mol. The van der Waals surface area contributed by atoms with E-state index in [2.05, 4.69) is 5.32 Å². The van der Waals surface area contributed by atoms with Gasteiger partial charge in [-0.3, -0.25) is 14.3 Å². The number of methoxy groups -OCH3 is 1. The number of pyridine rings is 1. The van der Waals surface area contributed by atoms with E-state index in [0.717, 1.165) is 17.2 Å². The second-order valence-corrected chi connectivity index (χ2v) is 11.9. The number of amides is 2. The van der Waals surface area contributed by atoms with E-state index in [4.69, 9.17) is 14.6 Å². The molecule has 1 N–H and O–H groups in total. The summed E-state index contributed by atoms with van der Waals surface area (Å²) in [5.41, 5.74) is 1.51. The molecule has 236 valence electrons. The van der Waals surface area contributed by atoms with Gasteiger partial charge in [0, 0.05) is 49.6 Å². The second kappa shape index (κ2) is 12.9. The number of aromatic nitrogens is 3. The van der Waals surface area contributed by atoms with Crippen LogP contribution in [-0.4, -0.2) is 57.0 Å². The molecular formula is C33H35F2N5O5. The standard InChI is InChI=1S/C33H35F2N5O5/c1-33(2,3)45-32(43)39-18-23(19-39)30-25(31(42)36-15-24-26(34)12-13-27(44-4)29(24)35)20-40(37-30)17-22-10-8-21(9-11-22)16-38-14-6-5-7-28(38)41/h5-14,20,23H,15-19H2,1-4H3,(H,36,42). The normalized spacial score (nSPS) is 13.3. The first kappa shape index (κ1) is 31.4. The summed E-state index contributed by atoms with van der Waals surface area (Å²) < 4.78 is 42.8. The zero-order chi connectivity index (χ0) is 32.3. The van der Waals surface area contributed by atoms with Gasteiger partial charge in [0.05, 0.1) is 31.5 Å². The molecule has 0 unspecified atom stereocenters. The lowest BCUT2D eigenvalue weighted by Gasteiger charge is -2.39. The van der Waals surface area contributed by atoms with Crippen molar-refractivity contribution >= 4 is 12.0 Å². The van der Waals surface area contributed by atoms with Crippen LogP contribution in [0.3, 0.4) is 0 Å². The Labute approximate surface area is 259 Å². The first-order valence-electron chi connectivity index (χ1n) is 14.5. The molecule has 0 bridgehead atoms. The quantitative estimate of drug-likeness (QED) is 0.291. The highest BCUT2D eigenvalue weighted by atomic mass is 19.1. The zero-order valence-corrected chi connectivity index (χ0v) is 25.5. The average molecular weight is 620 g/mol. The maximum absolute atomic E-state index is 14.7. The highest BCUT2D eigenvalue weighted by Gasteiger charge is 2.38. The van der Waals surface area contributed by atoms with E-state index in [-0.39, 0.29) is 28.4 Å². The van der Waals surface area contributed by atoms with Crippen molar-refractivity contribution in [1.29, 1.82) is 0 Å². The van der Waals surface area contributed by atoms with E-state index >= 15 is 0 Å². The molecule has 0 saturated carbocycles. The van der Waals surface area contributed by atoms with Gasteiger partial charge >= 0.3 is 6.09 Å². The minimum Gasteiger partial charge on any atom is -0.494 e. The highest BCUT2D eigenvalue weighted by molar-refractivity contribution is 5.95. The number of nitrogens with zero attached hydrogens (tertiary/aromatic N) is 4. The summed E-state index contributed by atoms with van der Waals surface area (Å²) in [4.78, 5) is 39.5. The number of ether oxygens (including phenoxy) is 2. The van der Waals surface area contributed by atoms with Crippen LogP contribution in [0.4, 0.5) is 13.6 Å². The molecule has 45 heavy (non-hydrogen) atoms. The summed E-state index contributed by atoms with van der Waals surface area (Å²) in [5, 5.41) is 7.31. The summed E-state index contributed by atoms with van der Waals surface area (Å²) in [5.74, 6) is -2.63. The second-order valence-electron chi connectivity index (χ2n) is 11.9. The van der Waals surface area contributed by atoms with Crippen LogP contribution in [0.5, 0.6) is 5.75 Å². The maximum Gasteiger partial charge on any atom is 0.410 e. The van der Waals surface area contributed by atoms with Crippen LogP contribution in [0, 0.1) is 11.6 Å². The fraction of sp³-hybridized carbons (Fsp3) is 0.333. The number of nitrogens with one attached hydrogen (secondary N) is 1. The van der Waals surface area contributed by atoms with Gasteiger partial charge in [0.15, 0.2) is 11.6 Å². The Hall–Kier alpha value is -5.00. The molecule has 2 amide bonds. The molecule has 2 aromatic heterocycles. The van der Waals surface area contributed by atoms with Gasteiger partial charge in [-0.25, -0.2) is 13.6 Å². The topological polar surface area (TPSA) is 108 Å². The molecule has 4 aromatic rings. The molecular weight excluding hydrogens is 584 g/mol. The van der Waals surface area contributed by atoms with Crippen LogP contribution in [-0.2, 0) is 24.4 Å². The molecule has 10 nitrogen and oxygen atoms in total. The largest absolute Gasteiger partial charge is 0.494 e. The molecule has 0 radical (unpaired) electrons. The molecule has 1 fully saturated rings. The minimum absolute atomic E-state index is 0.0884. The Morgan fingerprint density at radius 2 is 1.69 bits per heavy atom. The van der Waals surface area contributed by atoms with Crippen LogP contribution in [0.25, 0.3) is 0 Å². The third-order valence-corrected chi connectivity index (χ3v) is 7.37. The molecule has 2 aromatic carbocycles. The lowest BCUT2D eigenvalue weighted by Crippen LogP contribution is -2.50. The van der Waals surface area contributed by atoms with E-state index in [1.807, 2.05) is 24.3 Å². The van der Waals surface area contributed by atoms with Crippen molar-refractivity contribution in [1.82, 2.24) is 24.6 Å². The fourth-order valence-electron chi connectivity index (χ4n) is 5.01. The van der Waals surface area contributed by atoms with Crippen molar-refractivity contribution in [3.8, 4) is 5.75 Å². The summed E-state index contributed by atoms with van der Waals surface area (Å²) in [6, 6.07) is 15.0. The third-order valence-electron chi connectivity index (χ3n) is 7.37. The van der Waals surface area contributed by atoms with Gasteiger partial charge in [-0.2, -0.15) is 5.10 Å². The molecule has 0 atom stereocenters. The number of hydrogen-bond donors (Lipinski definition) is 1. The van der Waals surface area contributed by atoms with E-state index < -0.39 is 35.8 Å². The molecule has 0 aliphatic carbocycles. The summed E-state index contributed by atoms with van der Waals surface area (Å²) in [6.07, 6.45) is 2.87. The number of likely N-dealkylation sites (tertiary alicyclic amines) is 1. The zero-order valence-electron chi connectivity index (χ0n) is 25.5. The van der Waals surface area contributed by atoms with Crippen molar-refractivity contribution in [3.05, 3.63) is 117 Å². The third kappa shape index (κ3) is 7.39. The van der Waals surface area contributed by atoms with Crippen molar-refractivity contribution in [3.63, 3.8) is 0 Å². The Balaban J connectivity index is 1.34.